The number of rotatable bonds is 7. The summed E-state index contributed by atoms with van der Waals surface area (Å²) in [6, 6.07) is 3.18. The Morgan fingerprint density at radius 3 is 2.82 bits per heavy atom. The van der Waals surface area contributed by atoms with E-state index in [1.807, 2.05) is 0 Å². The third kappa shape index (κ3) is 4.54. The van der Waals surface area contributed by atoms with Crippen LogP contribution in [0.4, 0.5) is 5.82 Å². The Kier molecular flexibility index (Phi) is 5.65. The smallest absolute Gasteiger partial charge is 0.406 e. The molecule has 0 aliphatic carbocycles. The van der Waals surface area contributed by atoms with E-state index in [0.717, 1.165) is 0 Å². The van der Waals surface area contributed by atoms with Crippen molar-refractivity contribution in [1.29, 1.82) is 0 Å². The summed E-state index contributed by atoms with van der Waals surface area (Å²) >= 11 is 5.42. The van der Waals surface area contributed by atoms with Crippen molar-refractivity contribution in [2.75, 3.05) is 25.7 Å². The maximum atomic E-state index is 10.7. The highest BCUT2D eigenvalue weighted by atomic mass is 35.5. The van der Waals surface area contributed by atoms with Gasteiger partial charge in [-0.15, -0.1) is 11.6 Å². The lowest BCUT2D eigenvalue weighted by molar-refractivity contribution is -0.390. The molecule has 1 aromatic rings. The fourth-order valence-electron chi connectivity index (χ4n) is 1.14. The highest BCUT2D eigenvalue weighted by Crippen LogP contribution is 2.24. The van der Waals surface area contributed by atoms with Gasteiger partial charge in [0.1, 0.15) is 12.3 Å². The molecule has 0 bridgehead atoms. The predicted octanol–water partition coefficient (Wildman–Crippen LogP) is 1.93. The van der Waals surface area contributed by atoms with Gasteiger partial charge in [0.2, 0.25) is 5.75 Å². The number of halogens is 1. The molecular formula is C10H13ClN2O4. The van der Waals surface area contributed by atoms with Crippen molar-refractivity contribution < 1.29 is 14.4 Å². The predicted molar refractivity (Wildman–Crippen MR) is 62.7 cm³/mol. The number of alkyl halides is 1. The standard InChI is InChI=1S/C10H13ClN2O4/c1-8-2-3-9(10(12-8)13(14)15)17-7-6-16-5-4-11/h2-3H,4-7H2,1H3. The molecule has 1 aromatic heterocycles. The van der Waals surface area contributed by atoms with Crippen molar-refractivity contribution >= 4 is 17.4 Å². The average molecular weight is 261 g/mol. The summed E-state index contributed by atoms with van der Waals surface area (Å²) < 4.78 is 10.3. The van der Waals surface area contributed by atoms with Crippen molar-refractivity contribution in [3.63, 3.8) is 0 Å². The molecule has 0 aliphatic heterocycles. The average Bonchev–Trinajstić information content (AvgIpc) is 2.30. The van der Waals surface area contributed by atoms with E-state index >= 15 is 0 Å². The molecule has 1 heterocycles. The summed E-state index contributed by atoms with van der Waals surface area (Å²) in [5.74, 6) is 0.282. The lowest BCUT2D eigenvalue weighted by Crippen LogP contribution is -2.09. The van der Waals surface area contributed by atoms with Crippen molar-refractivity contribution in [3.8, 4) is 5.75 Å². The van der Waals surface area contributed by atoms with Gasteiger partial charge < -0.3 is 19.6 Å². The van der Waals surface area contributed by atoms with Gasteiger partial charge >= 0.3 is 5.82 Å². The Morgan fingerprint density at radius 1 is 1.41 bits per heavy atom. The van der Waals surface area contributed by atoms with E-state index in [4.69, 9.17) is 21.1 Å². The van der Waals surface area contributed by atoms with Crippen LogP contribution in [0.5, 0.6) is 5.75 Å². The molecule has 0 atom stereocenters. The Hall–Kier alpha value is -1.40. The van der Waals surface area contributed by atoms with Crippen LogP contribution in [0, 0.1) is 17.0 Å². The third-order valence-electron chi connectivity index (χ3n) is 1.86. The van der Waals surface area contributed by atoms with Crippen LogP contribution in [0.2, 0.25) is 0 Å². The number of pyridine rings is 1. The van der Waals surface area contributed by atoms with Crippen LogP contribution in [-0.2, 0) is 4.74 Å². The Labute approximate surface area is 104 Å². The van der Waals surface area contributed by atoms with E-state index in [1.165, 1.54) is 6.07 Å². The summed E-state index contributed by atoms with van der Waals surface area (Å²) in [5.41, 5.74) is 0.572. The van der Waals surface area contributed by atoms with Crippen molar-refractivity contribution in [2.24, 2.45) is 0 Å². The number of hydrogen-bond donors (Lipinski definition) is 0. The Morgan fingerprint density at radius 2 is 2.18 bits per heavy atom. The molecule has 6 nitrogen and oxygen atoms in total. The first kappa shape index (κ1) is 13.7. The van der Waals surface area contributed by atoms with E-state index in [9.17, 15) is 10.1 Å². The lowest BCUT2D eigenvalue weighted by Gasteiger charge is -2.06. The quantitative estimate of drug-likeness (QED) is 0.324. The van der Waals surface area contributed by atoms with Crippen LogP contribution in [0.25, 0.3) is 0 Å². The van der Waals surface area contributed by atoms with Gasteiger partial charge in [0.05, 0.1) is 13.2 Å². The number of nitrogens with zero attached hydrogens (tertiary/aromatic N) is 2. The summed E-state index contributed by atoms with van der Waals surface area (Å²) in [4.78, 5) is 14.0. The van der Waals surface area contributed by atoms with Crippen LogP contribution < -0.4 is 4.74 Å². The fraction of sp³-hybridized carbons (Fsp3) is 0.500. The third-order valence-corrected chi connectivity index (χ3v) is 2.01. The molecule has 0 saturated carbocycles. The first-order valence-corrected chi connectivity index (χ1v) is 5.57. The molecule has 0 unspecified atom stereocenters. The molecule has 1 rings (SSSR count). The molecule has 0 radical (unpaired) electrons. The number of ether oxygens (including phenoxy) is 2. The van der Waals surface area contributed by atoms with Crippen molar-refractivity contribution in [3.05, 3.63) is 27.9 Å². The summed E-state index contributed by atoms with van der Waals surface area (Å²) in [6.45, 7) is 2.67. The number of nitro groups is 1. The van der Waals surface area contributed by atoms with Crippen LogP contribution >= 0.6 is 11.6 Å². The monoisotopic (exact) mass is 260 g/mol. The van der Waals surface area contributed by atoms with Gasteiger partial charge in [0, 0.05) is 12.8 Å². The van der Waals surface area contributed by atoms with Crippen molar-refractivity contribution in [1.82, 2.24) is 4.98 Å². The number of aryl methyl sites for hydroxylation is 1. The van der Waals surface area contributed by atoms with Gasteiger partial charge in [-0.3, -0.25) is 0 Å². The number of hydrogen-bond acceptors (Lipinski definition) is 5. The highest BCUT2D eigenvalue weighted by Gasteiger charge is 2.17. The highest BCUT2D eigenvalue weighted by molar-refractivity contribution is 6.17. The second-order valence-electron chi connectivity index (χ2n) is 3.18. The van der Waals surface area contributed by atoms with Crippen LogP contribution in [0.1, 0.15) is 5.69 Å². The lowest BCUT2D eigenvalue weighted by atomic mass is 10.3. The molecule has 0 aromatic carbocycles. The molecular weight excluding hydrogens is 248 g/mol. The second kappa shape index (κ2) is 7.03. The topological polar surface area (TPSA) is 74.5 Å². The molecule has 0 saturated heterocycles. The van der Waals surface area contributed by atoms with E-state index in [-0.39, 0.29) is 18.2 Å². The SMILES string of the molecule is Cc1ccc(OCCOCCCl)c([N+](=O)[O-])n1. The van der Waals surface area contributed by atoms with Gasteiger partial charge in [-0.1, -0.05) is 0 Å². The first-order chi connectivity index (χ1) is 8.15. The van der Waals surface area contributed by atoms with Gasteiger partial charge in [-0.05, 0) is 22.0 Å². The van der Waals surface area contributed by atoms with E-state index in [2.05, 4.69) is 4.98 Å². The number of aromatic nitrogens is 1. The normalized spacial score (nSPS) is 10.2. The summed E-state index contributed by atoms with van der Waals surface area (Å²) in [5, 5.41) is 10.7. The maximum Gasteiger partial charge on any atom is 0.406 e. The molecule has 0 amide bonds. The van der Waals surface area contributed by atoms with E-state index in [1.54, 1.807) is 13.0 Å². The zero-order valence-electron chi connectivity index (χ0n) is 9.39. The first-order valence-electron chi connectivity index (χ1n) is 5.03. The molecule has 0 N–H and O–H groups in total. The Bertz CT molecular complexity index is 387. The molecule has 17 heavy (non-hydrogen) atoms. The zero-order chi connectivity index (χ0) is 12.7. The Balaban J connectivity index is 2.55. The van der Waals surface area contributed by atoms with Crippen molar-refractivity contribution in [2.45, 2.75) is 6.92 Å². The largest absolute Gasteiger partial charge is 0.483 e. The van der Waals surface area contributed by atoms with E-state index in [0.29, 0.717) is 24.8 Å². The van der Waals surface area contributed by atoms with E-state index < -0.39 is 4.92 Å². The summed E-state index contributed by atoms with van der Waals surface area (Å²) in [6.07, 6.45) is 0. The minimum absolute atomic E-state index is 0.148. The fourth-order valence-corrected chi connectivity index (χ4v) is 1.25. The molecule has 0 fully saturated rings. The van der Waals surface area contributed by atoms with Crippen LogP contribution in [-0.4, -0.2) is 35.6 Å². The van der Waals surface area contributed by atoms with Gasteiger partial charge in [-0.2, -0.15) is 0 Å². The molecule has 0 spiro atoms. The van der Waals surface area contributed by atoms with Gasteiger partial charge in [0.15, 0.2) is 0 Å². The molecule has 0 aliphatic rings. The molecule has 94 valence electrons. The van der Waals surface area contributed by atoms with Gasteiger partial charge in [0.25, 0.3) is 0 Å². The molecule has 7 heteroatoms. The van der Waals surface area contributed by atoms with Crippen LogP contribution in [0.15, 0.2) is 12.1 Å². The summed E-state index contributed by atoms with van der Waals surface area (Å²) in [7, 11) is 0. The minimum atomic E-state index is -0.568. The van der Waals surface area contributed by atoms with Crippen LogP contribution in [0.3, 0.4) is 0 Å². The van der Waals surface area contributed by atoms with Gasteiger partial charge in [-0.25, -0.2) is 0 Å². The minimum Gasteiger partial charge on any atom is -0.483 e. The second-order valence-corrected chi connectivity index (χ2v) is 3.56. The zero-order valence-corrected chi connectivity index (χ0v) is 10.1. The maximum absolute atomic E-state index is 10.7.